The predicted molar refractivity (Wildman–Crippen MR) is 92.0 cm³/mol. The van der Waals surface area contributed by atoms with Gasteiger partial charge < -0.3 is 9.47 Å². The van der Waals surface area contributed by atoms with Gasteiger partial charge in [-0.2, -0.15) is 4.31 Å². The van der Waals surface area contributed by atoms with Gasteiger partial charge in [0.15, 0.2) is 0 Å². The standard InChI is InChI=1S/C18H21NO4S/c1-19(16-10-8-13-6-4-5-7-15(13)16)24(20,21)18-12-14(22-2)9-11-17(18)23-3/h4-7,9,11-12,16H,8,10H2,1-3H3. The van der Waals surface area contributed by atoms with E-state index in [1.807, 2.05) is 18.2 Å². The fraction of sp³-hybridized carbons (Fsp3) is 0.333. The molecule has 5 nitrogen and oxygen atoms in total. The quantitative estimate of drug-likeness (QED) is 0.834. The van der Waals surface area contributed by atoms with Crippen molar-refractivity contribution in [2.24, 2.45) is 0 Å². The van der Waals surface area contributed by atoms with E-state index in [0.29, 0.717) is 11.5 Å². The molecule has 0 aromatic heterocycles. The van der Waals surface area contributed by atoms with Gasteiger partial charge >= 0.3 is 0 Å². The van der Waals surface area contributed by atoms with Gasteiger partial charge in [-0.1, -0.05) is 24.3 Å². The molecule has 24 heavy (non-hydrogen) atoms. The van der Waals surface area contributed by atoms with Gasteiger partial charge in [-0.25, -0.2) is 8.42 Å². The van der Waals surface area contributed by atoms with E-state index in [0.717, 1.165) is 18.4 Å². The Morgan fingerprint density at radius 1 is 1.08 bits per heavy atom. The molecule has 0 spiro atoms. The SMILES string of the molecule is COc1ccc(OC)c(S(=O)(=O)N(C)C2CCc3ccccc32)c1. The van der Waals surface area contributed by atoms with E-state index in [2.05, 4.69) is 6.07 Å². The largest absolute Gasteiger partial charge is 0.497 e. The number of aryl methyl sites for hydroxylation is 1. The minimum atomic E-state index is -3.71. The number of hydrogen-bond acceptors (Lipinski definition) is 4. The summed E-state index contributed by atoms with van der Waals surface area (Å²) in [6.45, 7) is 0. The van der Waals surface area contributed by atoms with Gasteiger partial charge in [0.25, 0.3) is 0 Å². The van der Waals surface area contributed by atoms with Crippen molar-refractivity contribution in [1.82, 2.24) is 4.31 Å². The molecule has 0 bridgehead atoms. The van der Waals surface area contributed by atoms with Crippen LogP contribution in [0.1, 0.15) is 23.6 Å². The molecule has 1 unspecified atom stereocenters. The highest BCUT2D eigenvalue weighted by Gasteiger charge is 2.35. The van der Waals surface area contributed by atoms with Crippen molar-refractivity contribution in [1.29, 1.82) is 0 Å². The lowest BCUT2D eigenvalue weighted by atomic mass is 10.1. The van der Waals surface area contributed by atoms with Gasteiger partial charge in [-0.05, 0) is 36.1 Å². The number of rotatable bonds is 5. The van der Waals surface area contributed by atoms with E-state index in [9.17, 15) is 8.42 Å². The number of ether oxygens (including phenoxy) is 2. The molecule has 0 saturated carbocycles. The van der Waals surface area contributed by atoms with Crippen molar-refractivity contribution in [2.75, 3.05) is 21.3 Å². The number of benzene rings is 2. The maximum absolute atomic E-state index is 13.2. The van der Waals surface area contributed by atoms with Crippen molar-refractivity contribution < 1.29 is 17.9 Å². The van der Waals surface area contributed by atoms with Crippen LogP contribution in [-0.4, -0.2) is 34.0 Å². The van der Waals surface area contributed by atoms with Crippen LogP contribution >= 0.6 is 0 Å². The Bertz CT molecular complexity index is 848. The lowest BCUT2D eigenvalue weighted by Crippen LogP contribution is -2.30. The molecule has 0 aliphatic heterocycles. The smallest absolute Gasteiger partial charge is 0.247 e. The van der Waals surface area contributed by atoms with Crippen LogP contribution in [0.15, 0.2) is 47.4 Å². The number of nitrogens with zero attached hydrogens (tertiary/aromatic N) is 1. The lowest BCUT2D eigenvalue weighted by molar-refractivity contribution is 0.363. The van der Waals surface area contributed by atoms with Crippen molar-refractivity contribution >= 4 is 10.0 Å². The highest BCUT2D eigenvalue weighted by molar-refractivity contribution is 7.89. The van der Waals surface area contributed by atoms with E-state index in [4.69, 9.17) is 9.47 Å². The zero-order chi connectivity index (χ0) is 17.3. The van der Waals surface area contributed by atoms with Crippen LogP contribution < -0.4 is 9.47 Å². The molecular formula is C18H21NO4S. The summed E-state index contributed by atoms with van der Waals surface area (Å²) in [6.07, 6.45) is 1.66. The number of hydrogen-bond donors (Lipinski definition) is 0. The second-order valence-electron chi connectivity index (χ2n) is 5.79. The van der Waals surface area contributed by atoms with E-state index in [1.165, 1.54) is 30.2 Å². The number of fused-ring (bicyclic) bond motifs is 1. The highest BCUT2D eigenvalue weighted by atomic mass is 32.2. The van der Waals surface area contributed by atoms with Gasteiger partial charge in [0, 0.05) is 13.1 Å². The first kappa shape index (κ1) is 16.8. The summed E-state index contributed by atoms with van der Waals surface area (Å²) >= 11 is 0. The summed E-state index contributed by atoms with van der Waals surface area (Å²) in [6, 6.07) is 12.6. The van der Waals surface area contributed by atoms with Crippen LogP contribution in [0.25, 0.3) is 0 Å². The fourth-order valence-corrected chi connectivity index (χ4v) is 4.76. The maximum atomic E-state index is 13.2. The molecule has 0 fully saturated rings. The van der Waals surface area contributed by atoms with Crippen LogP contribution in [0.5, 0.6) is 11.5 Å². The summed E-state index contributed by atoms with van der Waals surface area (Å²) in [4.78, 5) is 0.122. The van der Waals surface area contributed by atoms with Crippen LogP contribution in [0.4, 0.5) is 0 Å². The molecular weight excluding hydrogens is 326 g/mol. The normalized spacial score (nSPS) is 16.9. The average molecular weight is 347 g/mol. The van der Waals surface area contributed by atoms with Crippen LogP contribution in [0, 0.1) is 0 Å². The number of methoxy groups -OCH3 is 2. The monoisotopic (exact) mass is 347 g/mol. The van der Waals surface area contributed by atoms with E-state index >= 15 is 0 Å². The van der Waals surface area contributed by atoms with E-state index in [1.54, 1.807) is 19.2 Å². The first-order valence-electron chi connectivity index (χ1n) is 7.77. The van der Waals surface area contributed by atoms with E-state index < -0.39 is 10.0 Å². The molecule has 128 valence electrons. The zero-order valence-corrected chi connectivity index (χ0v) is 14.8. The summed E-state index contributed by atoms with van der Waals surface area (Å²) in [7, 11) is 0.887. The molecule has 0 N–H and O–H groups in total. The molecule has 2 aromatic rings. The topological polar surface area (TPSA) is 55.8 Å². The summed E-state index contributed by atoms with van der Waals surface area (Å²) in [5.74, 6) is 0.795. The van der Waals surface area contributed by atoms with Gasteiger partial charge in [-0.15, -0.1) is 0 Å². The molecule has 0 amide bonds. The lowest BCUT2D eigenvalue weighted by Gasteiger charge is -2.25. The molecule has 0 heterocycles. The van der Waals surface area contributed by atoms with Crippen LogP contribution in [0.2, 0.25) is 0 Å². The van der Waals surface area contributed by atoms with Gasteiger partial charge in [-0.3, -0.25) is 0 Å². The Hall–Kier alpha value is -2.05. The molecule has 6 heteroatoms. The van der Waals surface area contributed by atoms with Gasteiger partial charge in [0.2, 0.25) is 10.0 Å². The number of sulfonamides is 1. The Labute approximate surface area is 142 Å². The van der Waals surface area contributed by atoms with E-state index in [-0.39, 0.29) is 10.9 Å². The Morgan fingerprint density at radius 2 is 1.83 bits per heavy atom. The first-order valence-corrected chi connectivity index (χ1v) is 9.21. The molecule has 3 rings (SSSR count). The minimum absolute atomic E-state index is 0.122. The molecule has 0 saturated heterocycles. The zero-order valence-electron chi connectivity index (χ0n) is 14.0. The third kappa shape index (κ3) is 2.76. The fourth-order valence-electron chi connectivity index (χ4n) is 3.22. The van der Waals surface area contributed by atoms with Crippen molar-refractivity contribution in [3.63, 3.8) is 0 Å². The van der Waals surface area contributed by atoms with Crippen LogP contribution in [0.3, 0.4) is 0 Å². The second kappa shape index (κ2) is 6.45. The Kier molecular flexibility index (Phi) is 4.51. The molecule has 1 aliphatic carbocycles. The van der Waals surface area contributed by atoms with Gasteiger partial charge in [0.05, 0.1) is 20.3 Å². The molecule has 0 radical (unpaired) electrons. The van der Waals surface area contributed by atoms with Crippen LogP contribution in [-0.2, 0) is 16.4 Å². The summed E-state index contributed by atoms with van der Waals surface area (Å²) in [5, 5.41) is 0. The third-order valence-electron chi connectivity index (χ3n) is 4.57. The Morgan fingerprint density at radius 3 is 2.54 bits per heavy atom. The average Bonchev–Trinajstić information content (AvgIpc) is 3.04. The van der Waals surface area contributed by atoms with Crippen molar-refractivity contribution in [2.45, 2.75) is 23.8 Å². The first-order chi connectivity index (χ1) is 11.5. The maximum Gasteiger partial charge on any atom is 0.247 e. The molecule has 2 aromatic carbocycles. The van der Waals surface area contributed by atoms with Crippen molar-refractivity contribution in [3.8, 4) is 11.5 Å². The Balaban J connectivity index is 2.02. The molecule has 1 aliphatic rings. The molecule has 1 atom stereocenters. The highest BCUT2D eigenvalue weighted by Crippen LogP contribution is 2.39. The predicted octanol–water partition coefficient (Wildman–Crippen LogP) is 3.01. The minimum Gasteiger partial charge on any atom is -0.497 e. The van der Waals surface area contributed by atoms with Gasteiger partial charge in [0.1, 0.15) is 16.4 Å². The third-order valence-corrected chi connectivity index (χ3v) is 6.46. The summed E-state index contributed by atoms with van der Waals surface area (Å²) in [5.41, 5.74) is 2.28. The van der Waals surface area contributed by atoms with Crippen molar-refractivity contribution in [3.05, 3.63) is 53.6 Å². The summed E-state index contributed by atoms with van der Waals surface area (Å²) < 4.78 is 38.2. The second-order valence-corrected chi connectivity index (χ2v) is 7.76.